The fourth-order valence-electron chi connectivity index (χ4n) is 3.51. The van der Waals surface area contributed by atoms with Gasteiger partial charge in [-0.25, -0.2) is 5.10 Å². The van der Waals surface area contributed by atoms with Crippen LogP contribution >= 0.6 is 0 Å². The third-order valence-corrected chi connectivity index (χ3v) is 5.08. The molecule has 0 aliphatic carbocycles. The van der Waals surface area contributed by atoms with Crippen LogP contribution in [-0.2, 0) is 0 Å². The number of anilines is 1. The van der Waals surface area contributed by atoms with Gasteiger partial charge in [-0.15, -0.1) is 0 Å². The van der Waals surface area contributed by atoms with Gasteiger partial charge in [0.1, 0.15) is 0 Å². The third kappa shape index (κ3) is 2.84. The molecule has 0 saturated carbocycles. The molecular weight excluding hydrogens is 290 g/mol. The largest absolute Gasteiger partial charge is 0.369 e. The van der Waals surface area contributed by atoms with Gasteiger partial charge in [0.15, 0.2) is 0 Å². The summed E-state index contributed by atoms with van der Waals surface area (Å²) in [6.45, 7) is 9.81. The molecule has 0 spiro atoms. The van der Waals surface area contributed by atoms with E-state index in [1.165, 1.54) is 25.3 Å². The van der Waals surface area contributed by atoms with Gasteiger partial charge in [0.2, 0.25) is 0 Å². The topological polar surface area (TPSA) is 64.3 Å². The van der Waals surface area contributed by atoms with Crippen molar-refractivity contribution in [2.24, 2.45) is 5.92 Å². The molecule has 0 bridgehead atoms. The molecule has 6 heteroatoms. The quantitative estimate of drug-likeness (QED) is 0.867. The van der Waals surface area contributed by atoms with E-state index in [2.05, 4.69) is 37.4 Å². The van der Waals surface area contributed by atoms with E-state index >= 15 is 0 Å². The van der Waals surface area contributed by atoms with Crippen LogP contribution in [0.3, 0.4) is 0 Å². The zero-order chi connectivity index (χ0) is 15.8. The molecule has 0 atom stereocenters. The van der Waals surface area contributed by atoms with E-state index in [4.69, 9.17) is 0 Å². The van der Waals surface area contributed by atoms with E-state index in [9.17, 15) is 4.79 Å². The molecule has 2 N–H and O–H groups in total. The molecule has 122 valence electrons. The smallest absolute Gasteiger partial charge is 0.272 e. The van der Waals surface area contributed by atoms with Crippen LogP contribution in [0.2, 0.25) is 0 Å². The van der Waals surface area contributed by atoms with Crippen molar-refractivity contribution in [1.82, 2.24) is 20.4 Å². The molecule has 6 nitrogen and oxygen atoms in total. The molecule has 2 saturated heterocycles. The minimum atomic E-state index is -0.115. The Morgan fingerprint density at radius 2 is 1.96 bits per heavy atom. The number of piperazine rings is 1. The Hall–Kier alpha value is -1.92. The number of hydrogen-bond donors (Lipinski definition) is 2. The van der Waals surface area contributed by atoms with E-state index in [0.717, 1.165) is 48.6 Å². The maximum absolute atomic E-state index is 11.9. The molecule has 2 aliphatic heterocycles. The number of hydrogen-bond acceptors (Lipinski definition) is 5. The Labute approximate surface area is 135 Å². The van der Waals surface area contributed by atoms with E-state index in [1.54, 1.807) is 0 Å². The van der Waals surface area contributed by atoms with Gasteiger partial charge in [0.25, 0.3) is 5.56 Å². The number of rotatable bonds is 3. The summed E-state index contributed by atoms with van der Waals surface area (Å²) in [4.78, 5) is 16.8. The summed E-state index contributed by atoms with van der Waals surface area (Å²) in [5.74, 6) is 0.836. The third-order valence-electron chi connectivity index (χ3n) is 5.08. The van der Waals surface area contributed by atoms with Gasteiger partial charge in [-0.3, -0.25) is 9.69 Å². The lowest BCUT2D eigenvalue weighted by Gasteiger charge is -2.39. The highest BCUT2D eigenvalue weighted by Gasteiger charge is 2.23. The fraction of sp³-hybridized carbons (Fsp3) is 0.529. The number of aromatic nitrogens is 2. The molecule has 3 heterocycles. The number of H-pyrrole nitrogens is 1. The predicted molar refractivity (Wildman–Crippen MR) is 92.1 cm³/mol. The number of aromatic amines is 1. The zero-order valence-electron chi connectivity index (χ0n) is 13.5. The highest BCUT2D eigenvalue weighted by Crippen LogP contribution is 2.23. The van der Waals surface area contributed by atoms with Crippen molar-refractivity contribution in [3.05, 3.63) is 34.2 Å². The average Bonchev–Trinajstić information content (AvgIpc) is 2.55. The van der Waals surface area contributed by atoms with Gasteiger partial charge >= 0.3 is 0 Å². The van der Waals surface area contributed by atoms with Crippen LogP contribution in [0.4, 0.5) is 5.69 Å². The van der Waals surface area contributed by atoms with Crippen molar-refractivity contribution < 1.29 is 0 Å². The van der Waals surface area contributed by atoms with Crippen molar-refractivity contribution in [3.63, 3.8) is 0 Å². The first-order chi connectivity index (χ1) is 11.2. The van der Waals surface area contributed by atoms with E-state index in [1.807, 2.05) is 13.0 Å². The first-order valence-electron chi connectivity index (χ1n) is 8.38. The molecule has 2 aliphatic rings. The normalized spacial score (nSPS) is 20.0. The Bertz CT molecular complexity index is 759. The van der Waals surface area contributed by atoms with Crippen LogP contribution < -0.4 is 15.8 Å². The van der Waals surface area contributed by atoms with Crippen LogP contribution in [0.5, 0.6) is 0 Å². The zero-order valence-corrected chi connectivity index (χ0v) is 13.5. The van der Waals surface area contributed by atoms with Crippen molar-refractivity contribution in [1.29, 1.82) is 0 Å². The van der Waals surface area contributed by atoms with Gasteiger partial charge in [0.05, 0.1) is 11.1 Å². The second kappa shape index (κ2) is 5.94. The number of aryl methyl sites for hydroxylation is 1. The summed E-state index contributed by atoms with van der Waals surface area (Å²) in [7, 11) is 0. The lowest BCUT2D eigenvalue weighted by Crippen LogP contribution is -2.53. The van der Waals surface area contributed by atoms with E-state index < -0.39 is 0 Å². The maximum Gasteiger partial charge on any atom is 0.272 e. The second-order valence-electron chi connectivity index (χ2n) is 6.68. The molecule has 1 aromatic carbocycles. The molecule has 0 unspecified atom stereocenters. The minimum absolute atomic E-state index is 0.115. The average molecular weight is 313 g/mol. The lowest BCUT2D eigenvalue weighted by atomic mass is 10.0. The van der Waals surface area contributed by atoms with Gasteiger partial charge in [0, 0.05) is 56.9 Å². The SMILES string of the molecule is Cc1n[nH]c(=O)c2ccc(N3CCN(CC4CNC4)CC3)cc12. The molecule has 2 fully saturated rings. The predicted octanol–water partition coefficient (Wildman–Crippen LogP) is 0.573. The molecule has 0 amide bonds. The molecule has 0 radical (unpaired) electrons. The summed E-state index contributed by atoms with van der Waals surface area (Å²) in [5.41, 5.74) is 1.95. The van der Waals surface area contributed by atoms with Gasteiger partial charge in [-0.2, -0.15) is 5.10 Å². The summed E-state index contributed by atoms with van der Waals surface area (Å²) in [5, 5.41) is 11.6. The van der Waals surface area contributed by atoms with Crippen LogP contribution in [0.15, 0.2) is 23.0 Å². The summed E-state index contributed by atoms with van der Waals surface area (Å²) >= 11 is 0. The van der Waals surface area contributed by atoms with Crippen molar-refractivity contribution in [2.45, 2.75) is 6.92 Å². The van der Waals surface area contributed by atoms with Gasteiger partial charge in [-0.05, 0) is 31.0 Å². The molecule has 2 aromatic rings. The Morgan fingerprint density at radius 1 is 1.17 bits per heavy atom. The Balaban J connectivity index is 1.49. The highest BCUT2D eigenvalue weighted by molar-refractivity contribution is 5.86. The number of benzene rings is 1. The van der Waals surface area contributed by atoms with Gasteiger partial charge < -0.3 is 10.2 Å². The van der Waals surface area contributed by atoms with E-state index in [-0.39, 0.29) is 5.56 Å². The first-order valence-corrected chi connectivity index (χ1v) is 8.38. The van der Waals surface area contributed by atoms with Crippen molar-refractivity contribution in [3.8, 4) is 0 Å². The molecular formula is C17H23N5O. The summed E-state index contributed by atoms with van der Waals surface area (Å²) < 4.78 is 0. The summed E-state index contributed by atoms with van der Waals surface area (Å²) in [6, 6.07) is 6.09. The van der Waals surface area contributed by atoms with Gasteiger partial charge in [-0.1, -0.05) is 0 Å². The lowest BCUT2D eigenvalue weighted by molar-refractivity contribution is 0.184. The second-order valence-corrected chi connectivity index (χ2v) is 6.68. The number of fused-ring (bicyclic) bond motifs is 1. The Kier molecular flexibility index (Phi) is 3.79. The molecule has 23 heavy (non-hydrogen) atoms. The highest BCUT2D eigenvalue weighted by atomic mass is 16.1. The van der Waals surface area contributed by atoms with Crippen LogP contribution in [-0.4, -0.2) is 60.9 Å². The number of nitrogens with zero attached hydrogens (tertiary/aromatic N) is 3. The first kappa shape index (κ1) is 14.7. The standard InChI is InChI=1S/C17H23N5O/c1-12-16-8-14(2-3-15(16)17(23)20-19-12)22-6-4-21(5-7-22)11-13-9-18-10-13/h2-3,8,13,18H,4-7,9-11H2,1H3,(H,20,23). The van der Waals surface area contributed by atoms with E-state index in [0.29, 0.717) is 0 Å². The van der Waals surface area contributed by atoms with Crippen molar-refractivity contribution >= 4 is 16.5 Å². The van der Waals surface area contributed by atoms with Crippen LogP contribution in [0, 0.1) is 12.8 Å². The van der Waals surface area contributed by atoms with Crippen molar-refractivity contribution in [2.75, 3.05) is 50.7 Å². The minimum Gasteiger partial charge on any atom is -0.369 e. The van der Waals surface area contributed by atoms with Crippen LogP contribution in [0.25, 0.3) is 10.8 Å². The number of nitrogens with one attached hydrogen (secondary N) is 2. The Morgan fingerprint density at radius 3 is 2.65 bits per heavy atom. The molecule has 4 rings (SSSR count). The monoisotopic (exact) mass is 313 g/mol. The fourth-order valence-corrected chi connectivity index (χ4v) is 3.51. The van der Waals surface area contributed by atoms with Crippen LogP contribution in [0.1, 0.15) is 5.69 Å². The molecule has 1 aromatic heterocycles. The summed E-state index contributed by atoms with van der Waals surface area (Å²) in [6.07, 6.45) is 0. The maximum atomic E-state index is 11.9.